The Kier molecular flexibility index (Phi) is 4.75. The normalized spacial score (nSPS) is 48.4. The van der Waals surface area contributed by atoms with Gasteiger partial charge < -0.3 is 15.3 Å². The maximum atomic E-state index is 13.1. The van der Waals surface area contributed by atoms with E-state index in [0.29, 0.717) is 23.7 Å². The van der Waals surface area contributed by atoms with Crippen molar-refractivity contribution in [1.82, 2.24) is 20.2 Å². The van der Waals surface area contributed by atoms with Gasteiger partial charge in [-0.05, 0) is 85.9 Å². The summed E-state index contributed by atoms with van der Waals surface area (Å²) in [6.45, 7) is 5.06. The van der Waals surface area contributed by atoms with E-state index in [1.165, 1.54) is 17.6 Å². The molecule has 8 atom stereocenters. The van der Waals surface area contributed by atoms with Gasteiger partial charge in [-0.2, -0.15) is 4.80 Å². The average molecular weight is 582 g/mol. The zero-order valence-electron chi connectivity index (χ0n) is 17.9. The van der Waals surface area contributed by atoms with Crippen molar-refractivity contribution < 1.29 is 30.3 Å². The van der Waals surface area contributed by atoms with Crippen LogP contribution in [0, 0.1) is 46.7 Å². The third-order valence-electron chi connectivity index (χ3n) is 10.0. The van der Waals surface area contributed by atoms with Crippen LogP contribution < -0.4 is 0 Å². The summed E-state index contributed by atoms with van der Waals surface area (Å²) in [5.74, 6) is 2.74. The molecule has 163 valence electrons. The van der Waals surface area contributed by atoms with Gasteiger partial charge in [-0.1, -0.05) is 30.7 Å². The number of aliphatic hydroxyl groups is 1. The molecule has 1 N–H and O–H groups in total. The van der Waals surface area contributed by atoms with E-state index in [9.17, 15) is 9.90 Å². The van der Waals surface area contributed by atoms with E-state index in [1.54, 1.807) is 5.57 Å². The zero-order valence-corrected chi connectivity index (χ0v) is 20.6. The quantitative estimate of drug-likeness (QED) is 0.439. The van der Waals surface area contributed by atoms with Gasteiger partial charge in [0.25, 0.3) is 0 Å². The van der Waals surface area contributed by atoms with Crippen molar-refractivity contribution >= 4 is 5.78 Å². The van der Waals surface area contributed by atoms with Crippen molar-refractivity contribution in [3.05, 3.63) is 18.0 Å². The van der Waals surface area contributed by atoms with Crippen molar-refractivity contribution in [3.63, 3.8) is 0 Å². The van der Waals surface area contributed by atoms with Crippen molar-refractivity contribution in [2.45, 2.75) is 77.4 Å². The minimum atomic E-state index is -0.335. The molecule has 0 saturated heterocycles. The van der Waals surface area contributed by atoms with Crippen LogP contribution in [0.2, 0.25) is 0 Å². The summed E-state index contributed by atoms with van der Waals surface area (Å²) in [7, 11) is 0. The molecule has 1 aromatic rings. The monoisotopic (exact) mass is 582 g/mol. The predicted octanol–water partition coefficient (Wildman–Crippen LogP) is 2.98. The molecular formula is C23H31N4O2Re-. The van der Waals surface area contributed by atoms with Crippen molar-refractivity contribution in [2.24, 2.45) is 40.4 Å². The van der Waals surface area contributed by atoms with E-state index < -0.39 is 0 Å². The average Bonchev–Trinajstić information content (AvgIpc) is 3.02. The first-order valence-electron chi connectivity index (χ1n) is 11.4. The second-order valence-electron chi connectivity index (χ2n) is 11.1. The second kappa shape index (κ2) is 6.80. The number of hydrogen-bond acceptors (Lipinski definition) is 5. The molecule has 4 fully saturated rings. The molecule has 4 saturated carbocycles. The molecular weight excluding hydrogens is 550 g/mol. The van der Waals surface area contributed by atoms with E-state index in [1.807, 2.05) is 0 Å². The maximum Gasteiger partial charge on any atom is 0.159 e. The Morgan fingerprint density at radius 1 is 1.20 bits per heavy atom. The predicted molar refractivity (Wildman–Crippen MR) is 105 cm³/mol. The Labute approximate surface area is 191 Å². The Balaban J connectivity index is 0.00000193. The van der Waals surface area contributed by atoms with Crippen LogP contribution in [0.3, 0.4) is 0 Å². The zero-order chi connectivity index (χ0) is 20.0. The van der Waals surface area contributed by atoms with Gasteiger partial charge in [0.15, 0.2) is 5.78 Å². The molecule has 5 aliphatic rings. The van der Waals surface area contributed by atoms with Crippen LogP contribution in [0.15, 0.2) is 11.6 Å². The fraction of sp³-hybridized carbons (Fsp3) is 0.826. The number of hydrogen-bond donors (Lipinski definition) is 1. The number of tetrazole rings is 1. The van der Waals surface area contributed by atoms with E-state index in [0.717, 1.165) is 38.5 Å². The van der Waals surface area contributed by atoms with Crippen molar-refractivity contribution in [3.8, 4) is 0 Å². The summed E-state index contributed by atoms with van der Waals surface area (Å²) in [5, 5.41) is 22.1. The Hall–Kier alpha value is -0.898. The van der Waals surface area contributed by atoms with Crippen LogP contribution in [0.4, 0.5) is 0 Å². The molecule has 0 amide bonds. The summed E-state index contributed by atoms with van der Waals surface area (Å²) in [4.78, 5) is 14.5. The number of ketones is 1. The van der Waals surface area contributed by atoms with Crippen LogP contribution in [-0.2, 0) is 31.8 Å². The standard InChI is InChI=1S/C23H31N4O2.Re/c1-21-8-7-16-14(3-4-17-19-11-23(19,29)10-9-22(16,17)2)15(21)5-6-18(21)20(28)12-27-25-13-24-26-27;/h7,14-15,17-19,29H,3-6,8-12H2,1-2H3;/q-1;/t14-,15?,17-,18+,19?,21-,22+,23-;/m0./s1. The van der Waals surface area contributed by atoms with Crippen LogP contribution in [0.1, 0.15) is 65.2 Å². The summed E-state index contributed by atoms with van der Waals surface area (Å²) in [6.07, 6.45) is 13.7. The Morgan fingerprint density at radius 2 is 2.00 bits per heavy atom. The third-order valence-corrected chi connectivity index (χ3v) is 10.0. The number of Topliss-reactive ketones (excluding diaryl/α,β-unsaturated/α-hetero) is 1. The van der Waals surface area contributed by atoms with Gasteiger partial charge in [0.05, 0.1) is 5.60 Å². The molecule has 6 nitrogen and oxygen atoms in total. The second-order valence-corrected chi connectivity index (χ2v) is 11.1. The largest absolute Gasteiger partial charge is 0.390 e. The molecule has 0 bridgehead atoms. The van der Waals surface area contributed by atoms with Crippen LogP contribution in [0.25, 0.3) is 0 Å². The first-order valence-corrected chi connectivity index (χ1v) is 11.4. The topological polar surface area (TPSA) is 80.9 Å². The van der Waals surface area contributed by atoms with Gasteiger partial charge in [-0.3, -0.25) is 4.79 Å². The van der Waals surface area contributed by atoms with Crippen LogP contribution in [0.5, 0.6) is 0 Å². The fourth-order valence-electron chi connectivity index (χ4n) is 8.41. The third kappa shape index (κ3) is 2.74. The van der Waals surface area contributed by atoms with Gasteiger partial charge in [-0.15, -0.1) is 0 Å². The molecule has 5 aliphatic carbocycles. The van der Waals surface area contributed by atoms with E-state index in [-0.39, 0.29) is 55.1 Å². The Morgan fingerprint density at radius 3 is 2.77 bits per heavy atom. The van der Waals surface area contributed by atoms with Gasteiger partial charge in [0, 0.05) is 26.3 Å². The summed E-state index contributed by atoms with van der Waals surface area (Å²) < 4.78 is 0. The van der Waals surface area contributed by atoms with E-state index >= 15 is 0 Å². The molecule has 6 rings (SSSR count). The first-order chi connectivity index (χ1) is 13.9. The smallest absolute Gasteiger partial charge is 0.159 e. The maximum absolute atomic E-state index is 13.1. The summed E-state index contributed by atoms with van der Waals surface area (Å²) in [5.41, 5.74) is 1.66. The van der Waals surface area contributed by atoms with Crippen LogP contribution in [-0.4, -0.2) is 36.7 Å². The summed E-state index contributed by atoms with van der Waals surface area (Å²) >= 11 is 0. The number of nitrogens with zero attached hydrogens (tertiary/aromatic N) is 4. The number of fused-ring (bicyclic) bond motifs is 7. The molecule has 2 unspecified atom stereocenters. The van der Waals surface area contributed by atoms with Gasteiger partial charge in [0.2, 0.25) is 0 Å². The molecule has 30 heavy (non-hydrogen) atoms. The molecule has 1 radical (unpaired) electrons. The van der Waals surface area contributed by atoms with Crippen LogP contribution >= 0.6 is 0 Å². The molecule has 1 heterocycles. The Bertz CT molecular complexity index is 888. The molecule has 0 aromatic carbocycles. The summed E-state index contributed by atoms with van der Waals surface area (Å²) in [6, 6.07) is 0. The van der Waals surface area contributed by atoms with Crippen molar-refractivity contribution in [1.29, 1.82) is 0 Å². The fourth-order valence-corrected chi connectivity index (χ4v) is 8.41. The van der Waals surface area contributed by atoms with Gasteiger partial charge in [0.1, 0.15) is 6.54 Å². The van der Waals surface area contributed by atoms with Crippen molar-refractivity contribution in [2.75, 3.05) is 0 Å². The number of carbonyl (C=O) groups is 1. The van der Waals surface area contributed by atoms with E-state index in [2.05, 4.69) is 41.7 Å². The van der Waals surface area contributed by atoms with E-state index in [4.69, 9.17) is 0 Å². The number of carbonyl (C=O) groups excluding carboxylic acids is 1. The number of rotatable bonds is 3. The number of allylic oxidation sites excluding steroid dienone is 2. The number of aromatic nitrogens is 4. The van der Waals surface area contributed by atoms with Gasteiger partial charge >= 0.3 is 0 Å². The molecule has 7 heteroatoms. The SMILES string of the molecule is C[C@]12CC=C3[C@@H](CC[C@H]4C5C[C@@]5(O)CC[C@]34C)C1CC[C@@H]2C(=O)Cn1n[c-]nn1.[Re]. The minimum absolute atomic E-state index is 0. The minimum Gasteiger partial charge on any atom is -0.390 e. The first kappa shape index (κ1) is 21.0. The molecule has 0 spiro atoms. The molecule has 0 aliphatic heterocycles. The van der Waals surface area contributed by atoms with Gasteiger partial charge in [-0.25, -0.2) is 6.33 Å². The molecule has 1 aromatic heterocycles.